The van der Waals surface area contributed by atoms with E-state index in [0.717, 1.165) is 17.4 Å². The second-order valence-electron chi connectivity index (χ2n) is 4.22. The van der Waals surface area contributed by atoms with Crippen molar-refractivity contribution in [2.45, 2.75) is 13.0 Å². The van der Waals surface area contributed by atoms with E-state index in [-0.39, 0.29) is 0 Å². The van der Waals surface area contributed by atoms with Gasteiger partial charge in [-0.2, -0.15) is 0 Å². The number of allylic oxidation sites excluding steroid dienone is 1. The molecule has 2 aromatic rings. The first-order chi connectivity index (χ1) is 9.35. The molecule has 0 unspecified atom stereocenters. The Morgan fingerprint density at radius 1 is 1.05 bits per heavy atom. The zero-order valence-electron chi connectivity index (χ0n) is 10.7. The summed E-state index contributed by atoms with van der Waals surface area (Å²) in [5.74, 6) is 0.654. The van der Waals surface area contributed by atoms with E-state index in [4.69, 9.17) is 4.74 Å². The highest BCUT2D eigenvalue weighted by atomic mass is 16.5. The van der Waals surface area contributed by atoms with Crippen LogP contribution in [-0.4, -0.2) is 6.29 Å². The molecule has 0 spiro atoms. The third-order valence-corrected chi connectivity index (χ3v) is 2.84. The summed E-state index contributed by atoms with van der Waals surface area (Å²) in [6.45, 7) is 4.18. The zero-order valence-corrected chi connectivity index (χ0v) is 10.7. The lowest BCUT2D eigenvalue weighted by Gasteiger charge is -2.12. The first-order valence-corrected chi connectivity index (χ1v) is 6.20. The van der Waals surface area contributed by atoms with E-state index in [1.165, 1.54) is 0 Å². The first-order valence-electron chi connectivity index (χ1n) is 6.20. The maximum absolute atomic E-state index is 11.1. The van der Waals surface area contributed by atoms with Crippen LogP contribution in [-0.2, 0) is 13.0 Å². The highest BCUT2D eigenvalue weighted by Crippen LogP contribution is 2.24. The van der Waals surface area contributed by atoms with Gasteiger partial charge in [0.25, 0.3) is 0 Å². The molecule has 0 amide bonds. The van der Waals surface area contributed by atoms with Gasteiger partial charge in [-0.1, -0.05) is 48.5 Å². The molecule has 19 heavy (non-hydrogen) atoms. The van der Waals surface area contributed by atoms with Crippen LogP contribution in [0.15, 0.2) is 61.2 Å². The molecule has 0 radical (unpaired) electrons. The maximum atomic E-state index is 11.1. The second-order valence-corrected chi connectivity index (χ2v) is 4.22. The molecule has 0 aliphatic heterocycles. The van der Waals surface area contributed by atoms with E-state index in [1.807, 2.05) is 42.5 Å². The average molecular weight is 252 g/mol. The fourth-order valence-electron chi connectivity index (χ4n) is 1.92. The topological polar surface area (TPSA) is 26.3 Å². The number of benzene rings is 2. The van der Waals surface area contributed by atoms with Crippen molar-refractivity contribution in [3.63, 3.8) is 0 Å². The summed E-state index contributed by atoms with van der Waals surface area (Å²) in [5, 5.41) is 0. The Balaban J connectivity index is 2.22. The van der Waals surface area contributed by atoms with Crippen LogP contribution in [0.25, 0.3) is 0 Å². The van der Waals surface area contributed by atoms with Crippen molar-refractivity contribution in [2.24, 2.45) is 0 Å². The Morgan fingerprint density at radius 3 is 2.53 bits per heavy atom. The normalized spacial score (nSPS) is 9.89. The minimum Gasteiger partial charge on any atom is -0.488 e. The molecule has 0 aliphatic rings. The van der Waals surface area contributed by atoms with Crippen LogP contribution in [0, 0.1) is 0 Å². The van der Waals surface area contributed by atoms with Crippen LogP contribution in [0.2, 0.25) is 0 Å². The number of rotatable bonds is 6. The Hall–Kier alpha value is -2.35. The molecule has 2 nitrogen and oxygen atoms in total. The maximum Gasteiger partial charge on any atom is 0.153 e. The number of aldehydes is 1. The predicted molar refractivity (Wildman–Crippen MR) is 76.5 cm³/mol. The summed E-state index contributed by atoms with van der Waals surface area (Å²) in [7, 11) is 0. The predicted octanol–water partition coefficient (Wildman–Crippen LogP) is 3.81. The fraction of sp³-hybridized carbons (Fsp3) is 0.118. The molecule has 0 N–H and O–H groups in total. The molecule has 2 aromatic carbocycles. The number of hydrogen-bond donors (Lipinski definition) is 0. The van der Waals surface area contributed by atoms with Gasteiger partial charge in [-0.15, -0.1) is 6.58 Å². The van der Waals surface area contributed by atoms with Gasteiger partial charge in [0.15, 0.2) is 6.29 Å². The van der Waals surface area contributed by atoms with Gasteiger partial charge in [0.05, 0.1) is 5.56 Å². The van der Waals surface area contributed by atoms with Crippen LogP contribution in [0.1, 0.15) is 21.5 Å². The quantitative estimate of drug-likeness (QED) is 0.577. The highest BCUT2D eigenvalue weighted by Gasteiger charge is 2.08. The smallest absolute Gasteiger partial charge is 0.153 e. The highest BCUT2D eigenvalue weighted by molar-refractivity contribution is 5.80. The Morgan fingerprint density at radius 2 is 1.84 bits per heavy atom. The number of ether oxygens (including phenoxy) is 1. The number of para-hydroxylation sites is 1. The molecule has 2 heteroatoms. The molecule has 0 bridgehead atoms. The lowest BCUT2D eigenvalue weighted by molar-refractivity contribution is 0.111. The Bertz CT molecular complexity index is 559. The van der Waals surface area contributed by atoms with Crippen molar-refractivity contribution < 1.29 is 9.53 Å². The van der Waals surface area contributed by atoms with E-state index in [9.17, 15) is 4.79 Å². The van der Waals surface area contributed by atoms with Crippen molar-refractivity contribution >= 4 is 6.29 Å². The summed E-state index contributed by atoms with van der Waals surface area (Å²) in [6, 6.07) is 15.5. The minimum atomic E-state index is 0.454. The van der Waals surface area contributed by atoms with Crippen molar-refractivity contribution in [1.29, 1.82) is 0 Å². The molecule has 0 saturated heterocycles. The molecule has 0 fully saturated rings. The molecule has 0 atom stereocenters. The lowest BCUT2D eigenvalue weighted by Crippen LogP contribution is -2.01. The van der Waals surface area contributed by atoms with E-state index < -0.39 is 0 Å². The standard InChI is InChI=1S/C17H16O2/c1-2-7-15-10-6-11-16(12-18)17(15)19-13-14-8-4-3-5-9-14/h2-6,8-12H,1,7,13H2. The summed E-state index contributed by atoms with van der Waals surface area (Å²) in [5.41, 5.74) is 2.64. The fourth-order valence-corrected chi connectivity index (χ4v) is 1.92. The Labute approximate surface area is 113 Å². The molecule has 0 aliphatic carbocycles. The van der Waals surface area contributed by atoms with Gasteiger partial charge in [0, 0.05) is 0 Å². The molecule has 0 aromatic heterocycles. The average Bonchev–Trinajstić information content (AvgIpc) is 2.47. The summed E-state index contributed by atoms with van der Waals surface area (Å²) < 4.78 is 5.82. The van der Waals surface area contributed by atoms with Crippen molar-refractivity contribution in [3.8, 4) is 5.75 Å². The molecule has 96 valence electrons. The van der Waals surface area contributed by atoms with Gasteiger partial charge in [0.1, 0.15) is 12.4 Å². The largest absolute Gasteiger partial charge is 0.488 e. The summed E-state index contributed by atoms with van der Waals surface area (Å²) in [4.78, 5) is 11.1. The zero-order chi connectivity index (χ0) is 13.5. The Kier molecular flexibility index (Phi) is 4.51. The third-order valence-electron chi connectivity index (χ3n) is 2.84. The van der Waals surface area contributed by atoms with Crippen LogP contribution in [0.5, 0.6) is 5.75 Å². The minimum absolute atomic E-state index is 0.454. The van der Waals surface area contributed by atoms with Gasteiger partial charge in [-0.3, -0.25) is 4.79 Å². The number of hydrogen-bond acceptors (Lipinski definition) is 2. The van der Waals surface area contributed by atoms with Crippen molar-refractivity contribution in [3.05, 3.63) is 77.9 Å². The van der Waals surface area contributed by atoms with Gasteiger partial charge >= 0.3 is 0 Å². The van der Waals surface area contributed by atoms with E-state index in [1.54, 1.807) is 12.1 Å². The number of carbonyl (C=O) groups excluding carboxylic acids is 1. The van der Waals surface area contributed by atoms with Crippen LogP contribution in [0.3, 0.4) is 0 Å². The first kappa shape index (κ1) is 13.1. The monoisotopic (exact) mass is 252 g/mol. The van der Waals surface area contributed by atoms with Gasteiger partial charge in [-0.05, 0) is 23.6 Å². The van der Waals surface area contributed by atoms with Crippen molar-refractivity contribution in [2.75, 3.05) is 0 Å². The molecular formula is C17H16O2. The van der Waals surface area contributed by atoms with Crippen LogP contribution < -0.4 is 4.74 Å². The van der Waals surface area contributed by atoms with Gasteiger partial charge in [-0.25, -0.2) is 0 Å². The number of carbonyl (C=O) groups is 1. The lowest BCUT2D eigenvalue weighted by atomic mass is 10.1. The van der Waals surface area contributed by atoms with E-state index in [2.05, 4.69) is 6.58 Å². The summed E-state index contributed by atoms with van der Waals surface area (Å²) >= 11 is 0. The molecule has 0 saturated carbocycles. The summed E-state index contributed by atoms with van der Waals surface area (Å²) in [6.07, 6.45) is 3.32. The van der Waals surface area contributed by atoms with Gasteiger partial charge < -0.3 is 4.74 Å². The van der Waals surface area contributed by atoms with Crippen LogP contribution >= 0.6 is 0 Å². The van der Waals surface area contributed by atoms with E-state index >= 15 is 0 Å². The third kappa shape index (κ3) is 3.32. The SMILES string of the molecule is C=CCc1cccc(C=O)c1OCc1ccccc1. The molecular weight excluding hydrogens is 236 g/mol. The second kappa shape index (κ2) is 6.55. The van der Waals surface area contributed by atoms with Crippen LogP contribution in [0.4, 0.5) is 0 Å². The van der Waals surface area contributed by atoms with Crippen molar-refractivity contribution in [1.82, 2.24) is 0 Å². The van der Waals surface area contributed by atoms with Gasteiger partial charge in [0.2, 0.25) is 0 Å². The van der Waals surface area contributed by atoms with E-state index in [0.29, 0.717) is 24.3 Å². The molecule has 2 rings (SSSR count). The molecule has 0 heterocycles.